The lowest BCUT2D eigenvalue weighted by Gasteiger charge is -1.97. The van der Waals surface area contributed by atoms with E-state index in [0.29, 0.717) is 0 Å². The molecular formula is C9H15ClN2O2S2. The highest BCUT2D eigenvalue weighted by atomic mass is 35.5. The van der Waals surface area contributed by atoms with Crippen molar-refractivity contribution in [3.05, 3.63) is 30.3 Å². The number of anilines is 1. The number of para-hydroxylation sites is 1. The molecule has 0 aliphatic rings. The van der Waals surface area contributed by atoms with Gasteiger partial charge in [0.1, 0.15) is 0 Å². The minimum atomic E-state index is -0.639. The number of hydrogen-bond acceptors (Lipinski definition) is 2. The van der Waals surface area contributed by atoms with Crippen LogP contribution in [0.5, 0.6) is 0 Å². The molecule has 0 aliphatic heterocycles. The fraction of sp³-hybridized carbons (Fsp3) is 0.111. The molecule has 0 radical (unpaired) electrons. The van der Waals surface area contributed by atoms with E-state index in [-0.39, 0.29) is 25.1 Å². The number of hydrogen-bond donors (Lipinski definition) is 4. The third kappa shape index (κ3) is 15.6. The highest BCUT2D eigenvalue weighted by molar-refractivity contribution is 7.97. The highest BCUT2D eigenvalue weighted by Gasteiger charge is 1.91. The van der Waals surface area contributed by atoms with Gasteiger partial charge in [-0.3, -0.25) is 9.59 Å². The Morgan fingerprint density at radius 3 is 1.81 bits per heavy atom. The predicted octanol–water partition coefficient (Wildman–Crippen LogP) is 3.20. The molecule has 0 saturated heterocycles. The second-order valence-corrected chi connectivity index (χ2v) is 2.98. The molecular weight excluding hydrogens is 268 g/mol. The smallest absolute Gasteiger partial charge is 0.280 e. The molecule has 0 aliphatic carbocycles. The van der Waals surface area contributed by atoms with Gasteiger partial charge in [-0.25, -0.2) is 0 Å². The molecule has 1 aromatic carbocycles. The summed E-state index contributed by atoms with van der Waals surface area (Å²) in [7, 11) is 0. The second kappa shape index (κ2) is 12.2. The fourth-order valence-corrected chi connectivity index (χ4v) is 0.774. The van der Waals surface area contributed by atoms with Crippen LogP contribution in [-0.4, -0.2) is 10.5 Å². The van der Waals surface area contributed by atoms with Gasteiger partial charge in [-0.05, 0) is 12.1 Å². The van der Waals surface area contributed by atoms with Crippen molar-refractivity contribution in [1.29, 1.82) is 0 Å². The number of nitrogens with two attached hydrogens (primary N) is 1. The predicted molar refractivity (Wildman–Crippen MR) is 77.0 cm³/mol. The Labute approximate surface area is 112 Å². The molecule has 0 heterocycles. The van der Waals surface area contributed by atoms with Crippen LogP contribution in [0.3, 0.4) is 0 Å². The minimum absolute atomic E-state index is 0. The SMILES string of the molecule is C.Cl.NC(=O)S.O=C(S)Nc1ccccc1. The Morgan fingerprint density at radius 1 is 1.12 bits per heavy atom. The third-order valence-corrected chi connectivity index (χ3v) is 1.14. The second-order valence-electron chi connectivity index (χ2n) is 2.13. The number of benzene rings is 1. The van der Waals surface area contributed by atoms with Crippen LogP contribution >= 0.6 is 37.7 Å². The zero-order valence-corrected chi connectivity index (χ0v) is 10.2. The van der Waals surface area contributed by atoms with Crippen LogP contribution in [0.1, 0.15) is 7.43 Å². The standard InChI is InChI=1S/C7H7NOS.CH3NOS.CH4.ClH/c9-7(10)8-6-4-2-1-3-5-6;2-1(3)4;;/h1-5H,(H2,8,9,10);(H3,2,3,4);1H4;1H. The molecule has 7 heteroatoms. The summed E-state index contributed by atoms with van der Waals surface area (Å²) >= 11 is 6.66. The zero-order chi connectivity index (χ0) is 11.0. The van der Waals surface area contributed by atoms with E-state index < -0.39 is 5.24 Å². The highest BCUT2D eigenvalue weighted by Crippen LogP contribution is 2.05. The van der Waals surface area contributed by atoms with E-state index in [0.717, 1.165) is 5.69 Å². The number of thiol groups is 2. The van der Waals surface area contributed by atoms with Gasteiger partial charge in [0, 0.05) is 5.69 Å². The Bertz CT molecular complexity index is 306. The summed E-state index contributed by atoms with van der Waals surface area (Å²) in [6.45, 7) is 0. The number of carbonyl (C=O) groups is 2. The lowest BCUT2D eigenvalue weighted by Crippen LogP contribution is -1.99. The Kier molecular flexibility index (Phi) is 15.7. The zero-order valence-electron chi connectivity index (χ0n) is 7.58. The lowest BCUT2D eigenvalue weighted by atomic mass is 10.3. The van der Waals surface area contributed by atoms with Gasteiger partial charge in [0.05, 0.1) is 0 Å². The molecule has 0 spiro atoms. The van der Waals surface area contributed by atoms with Crippen molar-refractivity contribution in [3.8, 4) is 0 Å². The van der Waals surface area contributed by atoms with E-state index in [4.69, 9.17) is 4.79 Å². The van der Waals surface area contributed by atoms with Crippen molar-refractivity contribution in [2.75, 3.05) is 5.32 Å². The van der Waals surface area contributed by atoms with Gasteiger partial charge in [-0.15, -0.1) is 12.4 Å². The van der Waals surface area contributed by atoms with Crippen LogP contribution in [0.25, 0.3) is 0 Å². The van der Waals surface area contributed by atoms with Crippen molar-refractivity contribution >= 4 is 53.8 Å². The van der Waals surface area contributed by atoms with Crippen molar-refractivity contribution in [2.45, 2.75) is 7.43 Å². The van der Waals surface area contributed by atoms with Crippen molar-refractivity contribution in [2.24, 2.45) is 5.73 Å². The van der Waals surface area contributed by atoms with Crippen LogP contribution in [0.15, 0.2) is 30.3 Å². The van der Waals surface area contributed by atoms with Gasteiger partial charge in [0.2, 0.25) is 0 Å². The van der Waals surface area contributed by atoms with Gasteiger partial charge >= 0.3 is 0 Å². The van der Waals surface area contributed by atoms with Crippen LogP contribution in [0, 0.1) is 0 Å². The fourth-order valence-electron chi connectivity index (χ4n) is 0.645. The van der Waals surface area contributed by atoms with E-state index in [2.05, 4.69) is 36.3 Å². The van der Waals surface area contributed by atoms with E-state index in [1.807, 2.05) is 18.2 Å². The Morgan fingerprint density at radius 2 is 1.50 bits per heavy atom. The van der Waals surface area contributed by atoms with Crippen molar-refractivity contribution in [1.82, 2.24) is 0 Å². The molecule has 1 aromatic rings. The minimum Gasteiger partial charge on any atom is -0.361 e. The van der Waals surface area contributed by atoms with Gasteiger partial charge in [-0.2, -0.15) is 0 Å². The number of nitrogens with one attached hydrogen (secondary N) is 1. The lowest BCUT2D eigenvalue weighted by molar-refractivity contribution is 0.267. The maximum absolute atomic E-state index is 10.4. The molecule has 16 heavy (non-hydrogen) atoms. The normalized spacial score (nSPS) is 7.12. The maximum Gasteiger partial charge on any atom is 0.280 e. The number of amides is 2. The molecule has 0 fully saturated rings. The van der Waals surface area contributed by atoms with Gasteiger partial charge in [-0.1, -0.05) is 50.9 Å². The average molecular weight is 283 g/mol. The van der Waals surface area contributed by atoms with Crippen LogP contribution < -0.4 is 11.1 Å². The first-order valence-electron chi connectivity index (χ1n) is 3.55. The summed E-state index contributed by atoms with van der Waals surface area (Å²) in [5.41, 5.74) is 5.10. The maximum atomic E-state index is 10.4. The summed E-state index contributed by atoms with van der Waals surface area (Å²) < 4.78 is 0. The topological polar surface area (TPSA) is 72.2 Å². The first kappa shape index (κ1) is 20.5. The Hall–Kier alpha value is -0.850. The summed E-state index contributed by atoms with van der Waals surface area (Å²) in [6.07, 6.45) is 0. The molecule has 0 unspecified atom stereocenters. The number of carbonyl (C=O) groups excluding carboxylic acids is 2. The molecule has 3 N–H and O–H groups in total. The molecule has 1 rings (SSSR count). The number of rotatable bonds is 1. The van der Waals surface area contributed by atoms with Gasteiger partial charge < -0.3 is 11.1 Å². The van der Waals surface area contributed by atoms with E-state index in [9.17, 15) is 4.79 Å². The largest absolute Gasteiger partial charge is 0.361 e. The summed E-state index contributed by atoms with van der Waals surface area (Å²) in [6, 6.07) is 9.18. The summed E-state index contributed by atoms with van der Waals surface area (Å²) in [4.78, 5) is 19.5. The monoisotopic (exact) mass is 282 g/mol. The van der Waals surface area contributed by atoms with Crippen LogP contribution in [0.4, 0.5) is 15.3 Å². The molecule has 0 bridgehead atoms. The van der Waals surface area contributed by atoms with Crippen molar-refractivity contribution < 1.29 is 9.59 Å². The summed E-state index contributed by atoms with van der Waals surface area (Å²) in [5.74, 6) is 0. The van der Waals surface area contributed by atoms with E-state index >= 15 is 0 Å². The van der Waals surface area contributed by atoms with E-state index in [1.165, 1.54) is 0 Å². The average Bonchev–Trinajstić information content (AvgIpc) is 2.03. The van der Waals surface area contributed by atoms with Crippen LogP contribution in [0.2, 0.25) is 0 Å². The Balaban J connectivity index is -0.000000249. The van der Waals surface area contributed by atoms with Crippen molar-refractivity contribution in [3.63, 3.8) is 0 Å². The number of primary amides is 1. The number of halogens is 1. The third-order valence-electron chi connectivity index (χ3n) is 1.03. The van der Waals surface area contributed by atoms with Crippen LogP contribution in [-0.2, 0) is 0 Å². The molecule has 92 valence electrons. The first-order chi connectivity index (χ1) is 6.52. The first-order valence-corrected chi connectivity index (χ1v) is 4.45. The summed E-state index contributed by atoms with van der Waals surface area (Å²) in [5, 5.41) is 1.55. The van der Waals surface area contributed by atoms with Gasteiger partial charge in [0.15, 0.2) is 0 Å². The molecule has 0 aromatic heterocycles. The molecule has 2 amide bonds. The van der Waals surface area contributed by atoms with E-state index in [1.54, 1.807) is 12.1 Å². The van der Waals surface area contributed by atoms with Gasteiger partial charge in [0.25, 0.3) is 10.5 Å². The molecule has 4 nitrogen and oxygen atoms in total. The molecule has 0 atom stereocenters. The molecule has 0 saturated carbocycles. The quantitative estimate of drug-likeness (QED) is 0.597.